The second-order valence-electron chi connectivity index (χ2n) is 1.41. The molecule has 0 spiro atoms. The highest BCUT2D eigenvalue weighted by Crippen LogP contribution is 2.07. The monoisotopic (exact) mass is 113 g/mol. The molecule has 0 saturated carbocycles. The zero-order valence-electron chi connectivity index (χ0n) is 4.18. The molecule has 0 aromatic heterocycles. The highest BCUT2D eigenvalue weighted by Gasteiger charge is 2.28. The molecule has 42 valence electrons. The first-order valence-electron chi connectivity index (χ1n) is 2.23. The highest BCUT2D eigenvalue weighted by atomic mass is 16.8. The Hall–Kier alpha value is -1.15. The molecule has 0 unspecified atom stereocenters. The largest absolute Gasteiger partial charge is 0.357 e. The van der Waals surface area contributed by atoms with E-state index in [1.54, 1.807) is 0 Å². The van der Waals surface area contributed by atoms with Crippen molar-refractivity contribution >= 4 is 5.87 Å². The van der Waals surface area contributed by atoms with E-state index < -0.39 is 0 Å². The topological polar surface area (TPSA) is 53.2 Å². The molecule has 4 nitrogen and oxygen atoms in total. The first-order valence-corrected chi connectivity index (χ1v) is 2.23. The summed E-state index contributed by atoms with van der Waals surface area (Å²) in [6.45, 7) is 0.380. The van der Waals surface area contributed by atoms with E-state index in [2.05, 4.69) is 4.84 Å². The minimum absolute atomic E-state index is 0.269. The second-order valence-corrected chi connectivity index (χ2v) is 1.41. The molecule has 1 rings (SSSR count). The van der Waals surface area contributed by atoms with Gasteiger partial charge in [0.25, 0.3) is 4.92 Å². The molecule has 0 aromatic rings. The van der Waals surface area contributed by atoms with Crippen molar-refractivity contribution < 1.29 is 9.76 Å². The number of hydrogen-bond acceptors (Lipinski definition) is 3. The Kier molecular flexibility index (Phi) is 1.10. The molecular formula is C4H5N2O2+. The summed E-state index contributed by atoms with van der Waals surface area (Å²) in [6, 6.07) is 0. The van der Waals surface area contributed by atoms with E-state index >= 15 is 0 Å². The van der Waals surface area contributed by atoms with Gasteiger partial charge in [-0.2, -0.15) is 0 Å². The van der Waals surface area contributed by atoms with Gasteiger partial charge in [-0.05, 0) is 0 Å². The lowest BCUT2D eigenvalue weighted by Crippen LogP contribution is -1.95. The molecule has 1 aliphatic rings. The summed E-state index contributed by atoms with van der Waals surface area (Å²) >= 11 is 0. The minimum Gasteiger partial charge on any atom is -0.253 e. The van der Waals surface area contributed by atoms with Crippen LogP contribution in [0.1, 0.15) is 6.42 Å². The van der Waals surface area contributed by atoms with Crippen LogP contribution in [-0.4, -0.2) is 17.4 Å². The molecule has 0 aromatic carbocycles. The fourth-order valence-electron chi connectivity index (χ4n) is 0.503. The van der Waals surface area contributed by atoms with Crippen molar-refractivity contribution in [3.63, 3.8) is 0 Å². The molecule has 1 N–H and O–H groups in total. The van der Waals surface area contributed by atoms with E-state index in [4.69, 9.17) is 5.41 Å². The third-order valence-electron chi connectivity index (χ3n) is 0.912. The number of rotatable bonds is 0. The molecule has 0 aliphatic carbocycles. The summed E-state index contributed by atoms with van der Waals surface area (Å²) in [7, 11) is 0. The van der Waals surface area contributed by atoms with Crippen molar-refractivity contribution in [1.29, 1.82) is 5.41 Å². The summed E-state index contributed by atoms with van der Waals surface area (Å²) in [4.78, 5) is 15.0. The van der Waals surface area contributed by atoms with Crippen LogP contribution in [0.15, 0.2) is 5.70 Å². The van der Waals surface area contributed by atoms with Crippen LogP contribution in [0.4, 0.5) is 0 Å². The maximum absolute atomic E-state index is 10.3. The van der Waals surface area contributed by atoms with Gasteiger partial charge in [0.15, 0.2) is 6.61 Å². The summed E-state index contributed by atoms with van der Waals surface area (Å²) < 4.78 is 0. The van der Waals surface area contributed by atoms with Crippen LogP contribution in [0.25, 0.3) is 0 Å². The lowest BCUT2D eigenvalue weighted by atomic mass is 10.4. The first-order chi connectivity index (χ1) is 3.84. The Balaban J connectivity index is 2.84. The molecule has 1 heterocycles. The standard InChI is InChI=1S/C4H5N2O2/c5-3-4-1-2-8-6(4)7/h5H,1-2H2/q+1. The van der Waals surface area contributed by atoms with Crippen molar-refractivity contribution in [1.82, 2.24) is 0 Å². The normalized spacial score (nSPS) is 18.0. The molecule has 0 bridgehead atoms. The van der Waals surface area contributed by atoms with E-state index in [-0.39, 0.29) is 5.70 Å². The van der Waals surface area contributed by atoms with E-state index in [1.807, 2.05) is 5.87 Å². The van der Waals surface area contributed by atoms with Crippen LogP contribution in [0.5, 0.6) is 0 Å². The SMILES string of the molecule is N=C=C1CCO[N+]1=O. The lowest BCUT2D eigenvalue weighted by molar-refractivity contribution is -0.748. The van der Waals surface area contributed by atoms with E-state index in [0.29, 0.717) is 18.0 Å². The van der Waals surface area contributed by atoms with Crippen LogP contribution in [-0.2, 0) is 4.84 Å². The maximum Gasteiger partial charge on any atom is 0.357 e. The Morgan fingerprint density at radius 1 is 1.88 bits per heavy atom. The smallest absolute Gasteiger partial charge is 0.253 e. The van der Waals surface area contributed by atoms with Gasteiger partial charge in [0, 0.05) is 0 Å². The fourth-order valence-corrected chi connectivity index (χ4v) is 0.503. The van der Waals surface area contributed by atoms with Gasteiger partial charge < -0.3 is 0 Å². The zero-order chi connectivity index (χ0) is 5.98. The fraction of sp³-hybridized carbons (Fsp3) is 0.500. The molecule has 1 fully saturated rings. The van der Waals surface area contributed by atoms with Gasteiger partial charge in [0.05, 0.1) is 17.2 Å². The van der Waals surface area contributed by atoms with Gasteiger partial charge in [0.2, 0.25) is 0 Å². The molecule has 1 aliphatic heterocycles. The van der Waals surface area contributed by atoms with Crippen molar-refractivity contribution in [2.45, 2.75) is 6.42 Å². The molecule has 0 amide bonds. The Morgan fingerprint density at radius 3 is 2.88 bits per heavy atom. The van der Waals surface area contributed by atoms with E-state index in [1.165, 1.54) is 0 Å². The van der Waals surface area contributed by atoms with E-state index in [0.717, 1.165) is 0 Å². The van der Waals surface area contributed by atoms with Crippen molar-refractivity contribution in [2.75, 3.05) is 6.61 Å². The quantitative estimate of drug-likeness (QED) is 0.457. The van der Waals surface area contributed by atoms with Gasteiger partial charge in [0.1, 0.15) is 0 Å². The highest BCUT2D eigenvalue weighted by molar-refractivity contribution is 5.50. The summed E-state index contributed by atoms with van der Waals surface area (Å²) in [5, 5.41) is 6.52. The van der Waals surface area contributed by atoms with Crippen molar-refractivity contribution in [3.8, 4) is 0 Å². The lowest BCUT2D eigenvalue weighted by Gasteiger charge is -1.69. The van der Waals surface area contributed by atoms with Gasteiger partial charge in [-0.15, -0.1) is 0 Å². The summed E-state index contributed by atoms with van der Waals surface area (Å²) in [5.41, 5.74) is 0.269. The predicted octanol–water partition coefficient (Wildman–Crippen LogP) is 0.233. The van der Waals surface area contributed by atoms with Gasteiger partial charge in [-0.1, -0.05) is 0 Å². The average molecular weight is 113 g/mol. The number of hydrogen-bond donors (Lipinski definition) is 1. The number of nitrogens with one attached hydrogen (secondary N) is 1. The third kappa shape index (κ3) is 0.611. The zero-order valence-corrected chi connectivity index (χ0v) is 4.18. The van der Waals surface area contributed by atoms with Crippen LogP contribution < -0.4 is 0 Å². The van der Waals surface area contributed by atoms with Crippen LogP contribution in [0.2, 0.25) is 0 Å². The van der Waals surface area contributed by atoms with E-state index in [9.17, 15) is 4.91 Å². The third-order valence-corrected chi connectivity index (χ3v) is 0.912. The van der Waals surface area contributed by atoms with Gasteiger partial charge >= 0.3 is 5.70 Å². The molecule has 1 saturated heterocycles. The van der Waals surface area contributed by atoms with Gasteiger partial charge in [-0.25, -0.2) is 4.84 Å². The molecule has 4 heteroatoms. The molecule has 0 atom stereocenters. The Labute approximate surface area is 45.8 Å². The van der Waals surface area contributed by atoms with Crippen molar-refractivity contribution in [2.24, 2.45) is 0 Å². The minimum atomic E-state index is 0.269. The van der Waals surface area contributed by atoms with Crippen LogP contribution in [0, 0.1) is 10.3 Å². The molecule has 0 radical (unpaired) electrons. The Morgan fingerprint density at radius 2 is 2.62 bits per heavy atom. The molecular weight excluding hydrogens is 108 g/mol. The summed E-state index contributed by atoms with van der Waals surface area (Å²) in [5.74, 6) is 1.97. The van der Waals surface area contributed by atoms with Gasteiger partial charge in [-0.3, -0.25) is 5.41 Å². The van der Waals surface area contributed by atoms with Crippen LogP contribution in [0.3, 0.4) is 0 Å². The van der Waals surface area contributed by atoms with Crippen LogP contribution >= 0.6 is 0 Å². The second kappa shape index (κ2) is 1.76. The first kappa shape index (κ1) is 5.00. The molecule has 8 heavy (non-hydrogen) atoms. The summed E-state index contributed by atoms with van der Waals surface area (Å²) in [6.07, 6.45) is 0.507. The average Bonchev–Trinajstić information content (AvgIpc) is 2.14. The number of nitrogens with zero attached hydrogens (tertiary/aromatic N) is 1. The Bertz CT molecular complexity index is 169. The van der Waals surface area contributed by atoms with Crippen molar-refractivity contribution in [3.05, 3.63) is 10.6 Å². The maximum atomic E-state index is 10.3. The predicted molar refractivity (Wildman–Crippen MR) is 25.4 cm³/mol.